The summed E-state index contributed by atoms with van der Waals surface area (Å²) < 4.78 is 3.27. The first kappa shape index (κ1) is 18.6. The van der Waals surface area contributed by atoms with E-state index in [9.17, 15) is 0 Å². The van der Waals surface area contributed by atoms with Crippen LogP contribution in [0.5, 0.6) is 0 Å². The number of hydrogen-bond donors (Lipinski definition) is 0. The molecule has 4 rings (SSSR count). The summed E-state index contributed by atoms with van der Waals surface area (Å²) in [5, 5.41) is 0. The average molecular weight is 482 g/mol. The van der Waals surface area contributed by atoms with Crippen molar-refractivity contribution in [2.24, 2.45) is 23.7 Å². The van der Waals surface area contributed by atoms with Crippen LogP contribution in [0.3, 0.4) is 0 Å². The number of alkyl halides is 8. The van der Waals surface area contributed by atoms with E-state index in [0.717, 1.165) is 0 Å². The van der Waals surface area contributed by atoms with Crippen LogP contribution in [-0.4, -0.2) is 29.5 Å². The lowest BCUT2D eigenvalue weighted by Gasteiger charge is -2.27. The zero-order valence-corrected chi connectivity index (χ0v) is 17.8. The Balaban J connectivity index is 1.52. The normalized spacial score (nSPS) is 45.9. The van der Waals surface area contributed by atoms with Crippen LogP contribution in [0, 0.1) is 23.7 Å². The molecule has 0 saturated heterocycles. The van der Waals surface area contributed by atoms with E-state index in [1.54, 1.807) is 0 Å². The van der Waals surface area contributed by atoms with Crippen LogP contribution in [0.2, 0.25) is 0 Å². The second kappa shape index (κ2) is 5.42. The summed E-state index contributed by atoms with van der Waals surface area (Å²) in [5.74, 6) is -0.0174. The van der Waals surface area contributed by atoms with Crippen molar-refractivity contribution >= 4 is 92.8 Å². The SMILES string of the molecule is ClC1(Cl)CC1C(OC(C1CC1(Cl)Cl)C1CC1(Cl)Cl)C1CC1(Cl)Cl. The van der Waals surface area contributed by atoms with Crippen molar-refractivity contribution < 1.29 is 4.74 Å². The van der Waals surface area contributed by atoms with Gasteiger partial charge in [0.1, 0.15) is 17.3 Å². The fourth-order valence-corrected chi connectivity index (χ4v) is 5.81. The molecule has 23 heavy (non-hydrogen) atoms. The highest BCUT2D eigenvalue weighted by Crippen LogP contribution is 2.68. The molecule has 132 valence electrons. The molecule has 1 nitrogen and oxygen atoms in total. The Kier molecular flexibility index (Phi) is 4.39. The first-order valence-corrected chi connectivity index (χ1v) is 10.5. The molecular formula is C14H14Cl8O. The molecule has 9 heteroatoms. The Morgan fingerprint density at radius 2 is 0.696 bits per heavy atom. The van der Waals surface area contributed by atoms with Gasteiger partial charge in [-0.15, -0.1) is 92.8 Å². The van der Waals surface area contributed by atoms with Gasteiger partial charge in [0.2, 0.25) is 0 Å². The van der Waals surface area contributed by atoms with Gasteiger partial charge in [-0.1, -0.05) is 0 Å². The smallest absolute Gasteiger partial charge is 0.124 e. The second-order valence-corrected chi connectivity index (χ2v) is 13.5. The minimum Gasteiger partial charge on any atom is -0.373 e. The van der Waals surface area contributed by atoms with Crippen molar-refractivity contribution in [3.8, 4) is 0 Å². The first-order chi connectivity index (χ1) is 10.4. The van der Waals surface area contributed by atoms with E-state index < -0.39 is 17.3 Å². The molecule has 4 aliphatic rings. The molecule has 0 aromatic rings. The molecule has 4 saturated carbocycles. The summed E-state index contributed by atoms with van der Waals surface area (Å²) in [6.07, 6.45) is 2.15. The average Bonchev–Trinajstić information content (AvgIpc) is 3.30. The maximum atomic E-state index is 6.41. The summed E-state index contributed by atoms with van der Waals surface area (Å²) in [7, 11) is 0. The Bertz CT molecular complexity index is 443. The third-order valence-corrected chi connectivity index (χ3v) is 8.88. The molecule has 4 fully saturated rings. The van der Waals surface area contributed by atoms with Crippen molar-refractivity contribution in [2.45, 2.75) is 55.2 Å². The third-order valence-electron chi connectivity index (χ3n) is 5.40. The highest BCUT2D eigenvalue weighted by atomic mass is 35.5. The molecule has 0 radical (unpaired) electrons. The van der Waals surface area contributed by atoms with Gasteiger partial charge in [-0.2, -0.15) is 0 Å². The summed E-state index contributed by atoms with van der Waals surface area (Å²) in [5.41, 5.74) is 0. The van der Waals surface area contributed by atoms with Crippen molar-refractivity contribution in [1.29, 1.82) is 0 Å². The molecule has 0 heterocycles. The minimum atomic E-state index is -0.785. The van der Waals surface area contributed by atoms with E-state index in [1.165, 1.54) is 0 Å². The van der Waals surface area contributed by atoms with Gasteiger partial charge >= 0.3 is 0 Å². The number of halogens is 8. The molecule has 4 aliphatic carbocycles. The van der Waals surface area contributed by atoms with Crippen molar-refractivity contribution in [2.75, 3.05) is 0 Å². The molecule has 0 aliphatic heterocycles. The van der Waals surface area contributed by atoms with Crippen LogP contribution >= 0.6 is 92.8 Å². The Labute approximate surface area is 175 Å². The van der Waals surface area contributed by atoms with Gasteiger partial charge < -0.3 is 4.74 Å². The Morgan fingerprint density at radius 1 is 0.522 bits per heavy atom. The zero-order chi connectivity index (χ0) is 17.0. The molecule has 0 spiro atoms. The van der Waals surface area contributed by atoms with Gasteiger partial charge in [0.15, 0.2) is 0 Å². The van der Waals surface area contributed by atoms with Crippen LogP contribution < -0.4 is 0 Å². The van der Waals surface area contributed by atoms with Crippen LogP contribution in [0.1, 0.15) is 25.7 Å². The maximum absolute atomic E-state index is 6.41. The van der Waals surface area contributed by atoms with Crippen molar-refractivity contribution in [1.82, 2.24) is 0 Å². The molecule has 0 aromatic carbocycles. The highest BCUT2D eigenvalue weighted by molar-refractivity contribution is 6.52. The quantitative estimate of drug-likeness (QED) is 0.393. The van der Waals surface area contributed by atoms with E-state index in [0.29, 0.717) is 25.7 Å². The zero-order valence-electron chi connectivity index (χ0n) is 11.7. The van der Waals surface area contributed by atoms with Gasteiger partial charge in [-0.3, -0.25) is 0 Å². The fourth-order valence-electron chi connectivity index (χ4n) is 3.48. The molecule has 4 unspecified atom stereocenters. The summed E-state index contributed by atoms with van der Waals surface area (Å²) >= 11 is 50.0. The van der Waals surface area contributed by atoms with E-state index in [1.807, 2.05) is 0 Å². The predicted octanol–water partition coefficient (Wildman–Crippen LogP) is 6.52. The molecule has 0 N–H and O–H groups in total. The lowest BCUT2D eigenvalue weighted by atomic mass is 10.1. The van der Waals surface area contributed by atoms with Gasteiger partial charge in [0.05, 0.1) is 12.2 Å². The summed E-state index contributed by atoms with van der Waals surface area (Å²) in [6.45, 7) is 0. The number of ether oxygens (including phenoxy) is 1. The lowest BCUT2D eigenvalue weighted by Crippen LogP contribution is -2.34. The summed E-state index contributed by atoms with van der Waals surface area (Å²) in [6, 6.07) is 0. The minimum absolute atomic E-state index is 0.00434. The molecule has 0 bridgehead atoms. The fraction of sp³-hybridized carbons (Fsp3) is 1.00. The van der Waals surface area contributed by atoms with Crippen molar-refractivity contribution in [3.63, 3.8) is 0 Å². The summed E-state index contributed by atoms with van der Waals surface area (Å²) in [4.78, 5) is 0. The second-order valence-electron chi connectivity index (χ2n) is 7.35. The van der Waals surface area contributed by atoms with E-state index in [2.05, 4.69) is 0 Å². The van der Waals surface area contributed by atoms with Crippen molar-refractivity contribution in [3.05, 3.63) is 0 Å². The first-order valence-electron chi connectivity index (χ1n) is 7.52. The topological polar surface area (TPSA) is 9.23 Å². The van der Waals surface area contributed by atoms with Gasteiger partial charge in [0.25, 0.3) is 0 Å². The molecule has 0 amide bonds. The Hall–Kier alpha value is 2.28. The van der Waals surface area contributed by atoms with E-state index >= 15 is 0 Å². The largest absolute Gasteiger partial charge is 0.373 e. The highest BCUT2D eigenvalue weighted by Gasteiger charge is 2.70. The number of hydrogen-bond acceptors (Lipinski definition) is 1. The van der Waals surface area contributed by atoms with Gasteiger partial charge in [-0.25, -0.2) is 0 Å². The monoisotopic (exact) mass is 478 g/mol. The van der Waals surface area contributed by atoms with E-state index in [4.69, 9.17) is 97.5 Å². The molecule has 4 atom stereocenters. The van der Waals surface area contributed by atoms with Crippen LogP contribution in [0.25, 0.3) is 0 Å². The predicted molar refractivity (Wildman–Crippen MR) is 98.8 cm³/mol. The Morgan fingerprint density at radius 3 is 0.826 bits per heavy atom. The lowest BCUT2D eigenvalue weighted by molar-refractivity contribution is -0.0577. The van der Waals surface area contributed by atoms with Crippen LogP contribution in [0.4, 0.5) is 0 Å². The maximum Gasteiger partial charge on any atom is 0.124 e. The van der Waals surface area contributed by atoms with Gasteiger partial charge in [-0.05, 0) is 25.7 Å². The number of rotatable bonds is 6. The van der Waals surface area contributed by atoms with Crippen LogP contribution in [-0.2, 0) is 4.74 Å². The third kappa shape index (κ3) is 3.55. The van der Waals surface area contributed by atoms with Crippen LogP contribution in [0.15, 0.2) is 0 Å². The van der Waals surface area contributed by atoms with Gasteiger partial charge in [0, 0.05) is 23.7 Å². The van der Waals surface area contributed by atoms with E-state index in [-0.39, 0.29) is 35.9 Å². The standard InChI is InChI=1S/C14H14Cl8O/c15-11(16)1-5(11)9(6-2-12(6,17)18)23-10(7-3-13(7,19)20)8-4-14(8,21)22/h5-10H,1-4H2. The molecule has 0 aromatic heterocycles. The molecular weight excluding hydrogens is 468 g/mol.